The number of hydrogen-bond donors (Lipinski definition) is 1. The van der Waals surface area contributed by atoms with Crippen LogP contribution in [0.25, 0.3) is 0 Å². The van der Waals surface area contributed by atoms with Crippen LogP contribution in [-0.4, -0.2) is 37.1 Å². The molecule has 1 aromatic rings. The van der Waals surface area contributed by atoms with Crippen LogP contribution in [0.5, 0.6) is 0 Å². The number of amides is 2. The molecule has 1 aliphatic rings. The second-order valence-electron chi connectivity index (χ2n) is 5.71. The summed E-state index contributed by atoms with van der Waals surface area (Å²) in [6.07, 6.45) is 4.19. The van der Waals surface area contributed by atoms with Crippen molar-refractivity contribution in [1.29, 1.82) is 0 Å². The monoisotopic (exact) mass is 304 g/mol. The first-order chi connectivity index (χ1) is 10.6. The zero-order valence-corrected chi connectivity index (χ0v) is 13.3. The normalized spacial score (nSPS) is 18.5. The smallest absolute Gasteiger partial charge is 0.325 e. The highest BCUT2D eigenvalue weighted by Crippen LogP contribution is 2.30. The van der Waals surface area contributed by atoms with Gasteiger partial charge in [0.15, 0.2) is 0 Å². The molecule has 1 atom stereocenters. The summed E-state index contributed by atoms with van der Waals surface area (Å²) in [5.41, 5.74) is 2.35. The first kappa shape index (κ1) is 16.3. The number of nitrogens with one attached hydrogen (secondary N) is 1. The number of esters is 1. The van der Waals surface area contributed by atoms with Gasteiger partial charge in [-0.05, 0) is 25.3 Å². The lowest BCUT2D eigenvalue weighted by atomic mass is 9.99. The van der Waals surface area contributed by atoms with Crippen LogP contribution in [-0.2, 0) is 9.53 Å². The number of urea groups is 1. The van der Waals surface area contributed by atoms with E-state index >= 15 is 0 Å². The quantitative estimate of drug-likeness (QED) is 0.874. The van der Waals surface area contributed by atoms with Gasteiger partial charge in [0.25, 0.3) is 0 Å². The summed E-state index contributed by atoms with van der Waals surface area (Å²) in [5.74, 6) is -0.435. The molecule has 2 rings (SSSR count). The second-order valence-corrected chi connectivity index (χ2v) is 5.71. The van der Waals surface area contributed by atoms with Gasteiger partial charge in [-0.15, -0.1) is 0 Å². The maximum Gasteiger partial charge on any atom is 0.325 e. The number of rotatable bonds is 3. The van der Waals surface area contributed by atoms with E-state index in [1.54, 1.807) is 0 Å². The average molecular weight is 304 g/mol. The fraction of sp³-hybridized carbons (Fsp3) is 0.529. The molecule has 120 valence electrons. The highest BCUT2D eigenvalue weighted by molar-refractivity contribution is 5.81. The fourth-order valence-corrected chi connectivity index (χ4v) is 2.90. The Balaban J connectivity index is 2.13. The molecule has 1 saturated heterocycles. The van der Waals surface area contributed by atoms with E-state index in [0.29, 0.717) is 6.54 Å². The summed E-state index contributed by atoms with van der Waals surface area (Å²) >= 11 is 0. The third-order valence-electron chi connectivity index (χ3n) is 4.05. The number of benzene rings is 1. The van der Waals surface area contributed by atoms with E-state index in [1.165, 1.54) is 12.7 Å². The Bertz CT molecular complexity index is 530. The molecule has 2 amide bonds. The summed E-state index contributed by atoms with van der Waals surface area (Å²) in [7, 11) is 1.32. The predicted molar refractivity (Wildman–Crippen MR) is 84.5 cm³/mol. The molecular formula is C17H24N2O3. The molecule has 1 aromatic carbocycles. The minimum Gasteiger partial charge on any atom is -0.468 e. The maximum atomic E-state index is 12.4. The van der Waals surface area contributed by atoms with Crippen molar-refractivity contribution < 1.29 is 14.3 Å². The van der Waals surface area contributed by atoms with E-state index in [2.05, 4.69) is 35.2 Å². The third kappa shape index (κ3) is 4.23. The number of carbonyl (C=O) groups is 2. The van der Waals surface area contributed by atoms with Crippen LogP contribution in [0.2, 0.25) is 0 Å². The third-order valence-corrected chi connectivity index (χ3v) is 4.05. The van der Waals surface area contributed by atoms with Crippen molar-refractivity contribution in [1.82, 2.24) is 10.2 Å². The molecule has 0 radical (unpaired) electrons. The number of likely N-dealkylation sites (tertiary alicyclic amines) is 1. The van der Waals surface area contributed by atoms with Gasteiger partial charge in [0, 0.05) is 6.54 Å². The Morgan fingerprint density at radius 3 is 2.86 bits per heavy atom. The molecule has 0 spiro atoms. The summed E-state index contributed by atoms with van der Waals surface area (Å²) in [6, 6.07) is 8.17. The van der Waals surface area contributed by atoms with Crippen LogP contribution in [0, 0.1) is 6.92 Å². The van der Waals surface area contributed by atoms with Crippen molar-refractivity contribution in [2.75, 3.05) is 20.2 Å². The summed E-state index contributed by atoms with van der Waals surface area (Å²) in [6.45, 7) is 2.68. The molecule has 1 fully saturated rings. The van der Waals surface area contributed by atoms with Crippen LogP contribution in [0.1, 0.15) is 42.9 Å². The summed E-state index contributed by atoms with van der Waals surface area (Å²) in [5, 5.41) is 2.66. The summed E-state index contributed by atoms with van der Waals surface area (Å²) < 4.78 is 4.57. The molecule has 5 heteroatoms. The minimum atomic E-state index is -0.435. The molecule has 0 bridgehead atoms. The van der Waals surface area contributed by atoms with E-state index in [4.69, 9.17) is 0 Å². The van der Waals surface area contributed by atoms with Crippen molar-refractivity contribution >= 4 is 12.0 Å². The van der Waals surface area contributed by atoms with Crippen molar-refractivity contribution in [2.24, 2.45) is 0 Å². The van der Waals surface area contributed by atoms with Crippen LogP contribution >= 0.6 is 0 Å². The van der Waals surface area contributed by atoms with Crippen molar-refractivity contribution in [3.8, 4) is 0 Å². The van der Waals surface area contributed by atoms with Gasteiger partial charge in [0.05, 0.1) is 13.2 Å². The fourth-order valence-electron chi connectivity index (χ4n) is 2.90. The molecule has 1 aliphatic heterocycles. The molecule has 0 aromatic heterocycles. The zero-order valence-electron chi connectivity index (χ0n) is 13.3. The summed E-state index contributed by atoms with van der Waals surface area (Å²) in [4.78, 5) is 25.5. The molecule has 1 heterocycles. The predicted octanol–water partition coefficient (Wildman–Crippen LogP) is 2.79. The van der Waals surface area contributed by atoms with Gasteiger partial charge < -0.3 is 15.0 Å². The van der Waals surface area contributed by atoms with Gasteiger partial charge in [-0.25, -0.2) is 4.79 Å². The van der Waals surface area contributed by atoms with E-state index < -0.39 is 5.97 Å². The molecule has 0 saturated carbocycles. The highest BCUT2D eigenvalue weighted by atomic mass is 16.5. The average Bonchev–Trinajstić information content (AvgIpc) is 2.78. The Labute approximate surface area is 131 Å². The minimum absolute atomic E-state index is 0.0695. The molecule has 1 N–H and O–H groups in total. The van der Waals surface area contributed by atoms with Crippen molar-refractivity contribution in [3.63, 3.8) is 0 Å². The number of hydrogen-bond acceptors (Lipinski definition) is 3. The van der Waals surface area contributed by atoms with Gasteiger partial charge in [0.2, 0.25) is 0 Å². The van der Waals surface area contributed by atoms with E-state index in [9.17, 15) is 9.59 Å². The molecule has 0 unspecified atom stereocenters. The SMILES string of the molecule is COC(=O)CNC(=O)N1CCCCC[C@H]1c1cccc(C)c1. The lowest BCUT2D eigenvalue weighted by Crippen LogP contribution is -2.44. The van der Waals surface area contributed by atoms with Gasteiger partial charge >= 0.3 is 12.0 Å². The number of ether oxygens (including phenoxy) is 1. The van der Waals surface area contributed by atoms with E-state index in [-0.39, 0.29) is 18.6 Å². The first-order valence-corrected chi connectivity index (χ1v) is 7.79. The molecule has 0 aliphatic carbocycles. The Morgan fingerprint density at radius 1 is 1.32 bits per heavy atom. The topological polar surface area (TPSA) is 58.6 Å². The largest absolute Gasteiger partial charge is 0.468 e. The van der Waals surface area contributed by atoms with Crippen LogP contribution < -0.4 is 5.32 Å². The Morgan fingerprint density at radius 2 is 2.14 bits per heavy atom. The maximum absolute atomic E-state index is 12.4. The first-order valence-electron chi connectivity index (χ1n) is 7.79. The highest BCUT2D eigenvalue weighted by Gasteiger charge is 2.27. The Kier molecular flexibility index (Phi) is 5.81. The lowest BCUT2D eigenvalue weighted by Gasteiger charge is -2.30. The van der Waals surface area contributed by atoms with Crippen LogP contribution in [0.3, 0.4) is 0 Å². The van der Waals surface area contributed by atoms with Crippen LogP contribution in [0.4, 0.5) is 4.79 Å². The molecular weight excluding hydrogens is 280 g/mol. The van der Waals surface area contributed by atoms with Gasteiger partial charge in [-0.2, -0.15) is 0 Å². The number of methoxy groups -OCH3 is 1. The number of carbonyl (C=O) groups excluding carboxylic acids is 2. The zero-order chi connectivity index (χ0) is 15.9. The van der Waals surface area contributed by atoms with Gasteiger partial charge in [-0.1, -0.05) is 42.7 Å². The number of aryl methyl sites for hydroxylation is 1. The van der Waals surface area contributed by atoms with Gasteiger partial charge in [0.1, 0.15) is 6.54 Å². The lowest BCUT2D eigenvalue weighted by molar-refractivity contribution is -0.139. The van der Waals surface area contributed by atoms with Gasteiger partial charge in [-0.3, -0.25) is 4.79 Å². The Hall–Kier alpha value is -2.04. The van der Waals surface area contributed by atoms with E-state index in [1.807, 2.05) is 11.0 Å². The number of nitrogens with zero attached hydrogens (tertiary/aromatic N) is 1. The van der Waals surface area contributed by atoms with E-state index in [0.717, 1.165) is 31.2 Å². The molecule has 22 heavy (non-hydrogen) atoms. The van der Waals surface area contributed by atoms with Crippen LogP contribution in [0.15, 0.2) is 24.3 Å². The van der Waals surface area contributed by atoms with Crippen molar-refractivity contribution in [3.05, 3.63) is 35.4 Å². The molecule has 5 nitrogen and oxygen atoms in total. The van der Waals surface area contributed by atoms with Crippen molar-refractivity contribution in [2.45, 2.75) is 38.6 Å². The standard InChI is InChI=1S/C17H24N2O3/c1-13-7-6-8-14(11-13)15-9-4-3-5-10-19(15)17(21)18-12-16(20)22-2/h6-8,11,15H,3-5,9-10,12H2,1-2H3,(H,18,21)/t15-/m0/s1. The second kappa shape index (κ2) is 7.82.